The van der Waals surface area contributed by atoms with Gasteiger partial charge in [0.2, 0.25) is 5.43 Å². The van der Waals surface area contributed by atoms with Gasteiger partial charge in [-0.25, -0.2) is 14.4 Å². The summed E-state index contributed by atoms with van der Waals surface area (Å²) in [5.41, 5.74) is 5.31. The van der Waals surface area contributed by atoms with Crippen LogP contribution in [0, 0.1) is 0 Å². The van der Waals surface area contributed by atoms with Gasteiger partial charge in [0.05, 0.1) is 29.8 Å². The number of hydrogen-bond acceptors (Lipinski definition) is 6. The lowest BCUT2D eigenvalue weighted by Gasteiger charge is -2.13. The number of nitrogens with two attached hydrogens (primary N) is 1. The van der Waals surface area contributed by atoms with Crippen LogP contribution in [0.5, 0.6) is 5.75 Å². The normalized spacial score (nSPS) is 12.3. The Morgan fingerprint density at radius 2 is 1.91 bits per heavy atom. The molecule has 8 nitrogen and oxygen atoms in total. The minimum Gasteiger partial charge on any atom is -0.494 e. The molecule has 0 fully saturated rings. The highest BCUT2D eigenvalue weighted by atomic mass is 19.4. The van der Waals surface area contributed by atoms with Crippen LogP contribution in [0.2, 0.25) is 0 Å². The molecule has 0 aliphatic heterocycles. The molecule has 0 spiro atoms. The monoisotopic (exact) mass is 480 g/mol. The second kappa shape index (κ2) is 9.67. The van der Waals surface area contributed by atoms with E-state index in [2.05, 4.69) is 15.2 Å². The molecule has 0 radical (unpaired) electrons. The Hall–Kier alpha value is -4.67. The number of nitrogens with zero attached hydrogens (tertiary/aromatic N) is 5. The van der Waals surface area contributed by atoms with Gasteiger partial charge in [-0.1, -0.05) is 6.07 Å². The second-order valence-corrected chi connectivity index (χ2v) is 7.18. The molecule has 2 N–H and O–H groups in total. The third-order valence-corrected chi connectivity index (χ3v) is 4.91. The van der Waals surface area contributed by atoms with Crippen LogP contribution in [-0.4, -0.2) is 32.4 Å². The molecule has 4 rings (SSSR count). The second-order valence-electron chi connectivity index (χ2n) is 7.18. The standard InChI is InChI=1S/C24H19F3N6O2/c1-35-22-15-18(32-12-3-11-29-32)6-7-20(22)33-13-9-21(34)23(31-33)19(8-10-28)30-17-5-2-4-16(14-17)24(25,26)27/h2-15H,28H2,1H3. The van der Waals surface area contributed by atoms with Crippen molar-refractivity contribution in [3.8, 4) is 17.1 Å². The maximum absolute atomic E-state index is 13.1. The van der Waals surface area contributed by atoms with Crippen LogP contribution in [0.3, 0.4) is 0 Å². The number of alkyl halides is 3. The highest BCUT2D eigenvalue weighted by Crippen LogP contribution is 2.31. The van der Waals surface area contributed by atoms with Crippen molar-refractivity contribution < 1.29 is 17.9 Å². The van der Waals surface area contributed by atoms with Crippen molar-refractivity contribution in [2.24, 2.45) is 10.7 Å². The lowest BCUT2D eigenvalue weighted by molar-refractivity contribution is -0.137. The first-order valence-electron chi connectivity index (χ1n) is 10.2. The van der Waals surface area contributed by atoms with Crippen molar-refractivity contribution in [2.75, 3.05) is 7.11 Å². The first kappa shape index (κ1) is 23.5. The third-order valence-electron chi connectivity index (χ3n) is 4.91. The number of hydrogen-bond donors (Lipinski definition) is 1. The van der Waals surface area contributed by atoms with E-state index in [0.717, 1.165) is 24.0 Å². The van der Waals surface area contributed by atoms with Crippen molar-refractivity contribution in [2.45, 2.75) is 6.18 Å². The van der Waals surface area contributed by atoms with E-state index < -0.39 is 17.2 Å². The van der Waals surface area contributed by atoms with Crippen LogP contribution in [0.25, 0.3) is 11.4 Å². The largest absolute Gasteiger partial charge is 0.494 e. The molecule has 0 saturated heterocycles. The molecule has 178 valence electrons. The lowest BCUT2D eigenvalue weighted by atomic mass is 10.2. The average Bonchev–Trinajstić information content (AvgIpc) is 3.39. The zero-order valence-electron chi connectivity index (χ0n) is 18.3. The summed E-state index contributed by atoms with van der Waals surface area (Å²) in [5, 5.41) is 8.56. The topological polar surface area (TPSA) is 100 Å². The minimum atomic E-state index is -4.54. The van der Waals surface area contributed by atoms with Crippen LogP contribution < -0.4 is 15.9 Å². The predicted octanol–water partition coefficient (Wildman–Crippen LogP) is 4.04. The highest BCUT2D eigenvalue weighted by molar-refractivity contribution is 6.08. The molecule has 0 atom stereocenters. The maximum atomic E-state index is 13.1. The quantitative estimate of drug-likeness (QED) is 0.420. The summed E-state index contributed by atoms with van der Waals surface area (Å²) in [4.78, 5) is 16.9. The van der Waals surface area contributed by atoms with Crippen molar-refractivity contribution in [1.82, 2.24) is 19.6 Å². The molecule has 4 aromatic rings. The van der Waals surface area contributed by atoms with Gasteiger partial charge in [-0.3, -0.25) is 4.79 Å². The number of halogens is 3. The van der Waals surface area contributed by atoms with Crippen LogP contribution in [0.1, 0.15) is 11.3 Å². The lowest BCUT2D eigenvalue weighted by Crippen LogP contribution is -2.20. The van der Waals surface area contributed by atoms with Gasteiger partial charge in [0.1, 0.15) is 11.4 Å². The van der Waals surface area contributed by atoms with E-state index in [1.165, 1.54) is 42.3 Å². The molecule has 35 heavy (non-hydrogen) atoms. The van der Waals surface area contributed by atoms with Crippen LogP contribution >= 0.6 is 0 Å². The van der Waals surface area contributed by atoms with E-state index >= 15 is 0 Å². The van der Waals surface area contributed by atoms with Gasteiger partial charge < -0.3 is 10.5 Å². The van der Waals surface area contributed by atoms with Crippen LogP contribution in [0.15, 0.2) is 95.3 Å². The Bertz CT molecular complexity index is 1460. The molecule has 2 aromatic carbocycles. The molecule has 0 aliphatic rings. The Morgan fingerprint density at radius 1 is 1.09 bits per heavy atom. The van der Waals surface area contributed by atoms with Gasteiger partial charge in [0, 0.05) is 30.7 Å². The molecule has 2 aromatic heterocycles. The number of rotatable bonds is 6. The van der Waals surface area contributed by atoms with Gasteiger partial charge in [-0.2, -0.15) is 23.4 Å². The SMILES string of the molecule is COc1cc(-n2cccn2)ccc1-n1ccc(=O)c(C(C=CN)=Nc2cccc(C(F)(F)F)c2)n1. The van der Waals surface area contributed by atoms with Gasteiger partial charge in [-0.05, 0) is 48.7 Å². The summed E-state index contributed by atoms with van der Waals surface area (Å²) in [6, 6.07) is 12.8. The van der Waals surface area contributed by atoms with E-state index in [4.69, 9.17) is 10.5 Å². The first-order chi connectivity index (χ1) is 16.8. The molecular weight excluding hydrogens is 461 g/mol. The summed E-state index contributed by atoms with van der Waals surface area (Å²) in [6.45, 7) is 0. The summed E-state index contributed by atoms with van der Waals surface area (Å²) >= 11 is 0. The van der Waals surface area contributed by atoms with E-state index in [1.54, 1.807) is 41.3 Å². The van der Waals surface area contributed by atoms with E-state index in [-0.39, 0.29) is 17.1 Å². The number of ether oxygens (including phenoxy) is 1. The van der Waals surface area contributed by atoms with E-state index in [1.807, 2.05) is 0 Å². The van der Waals surface area contributed by atoms with Crippen molar-refractivity contribution in [3.05, 3.63) is 107 Å². The smallest absolute Gasteiger partial charge is 0.416 e. The Labute approximate surface area is 197 Å². The van der Waals surface area contributed by atoms with Crippen LogP contribution in [0.4, 0.5) is 18.9 Å². The fraction of sp³-hybridized carbons (Fsp3) is 0.0833. The Kier molecular flexibility index (Phi) is 6.49. The number of benzene rings is 2. The Morgan fingerprint density at radius 3 is 2.60 bits per heavy atom. The van der Waals surface area contributed by atoms with E-state index in [0.29, 0.717) is 11.4 Å². The number of methoxy groups -OCH3 is 1. The van der Waals surface area contributed by atoms with Gasteiger partial charge in [0.15, 0.2) is 5.69 Å². The number of aliphatic imine (C=N–C) groups is 1. The maximum Gasteiger partial charge on any atom is 0.416 e. The molecule has 0 amide bonds. The predicted molar refractivity (Wildman–Crippen MR) is 124 cm³/mol. The molecule has 0 unspecified atom stereocenters. The van der Waals surface area contributed by atoms with E-state index in [9.17, 15) is 18.0 Å². The molecular formula is C24H19F3N6O2. The number of aromatic nitrogens is 4. The molecule has 0 saturated carbocycles. The summed E-state index contributed by atoms with van der Waals surface area (Å²) in [5.74, 6) is 0.450. The zero-order chi connectivity index (χ0) is 25.0. The van der Waals surface area contributed by atoms with Crippen molar-refractivity contribution >= 4 is 11.4 Å². The Balaban J connectivity index is 1.80. The summed E-state index contributed by atoms with van der Waals surface area (Å²) in [7, 11) is 1.49. The number of allylic oxidation sites excluding steroid dienone is 1. The van der Waals surface area contributed by atoms with Crippen molar-refractivity contribution in [3.63, 3.8) is 0 Å². The average molecular weight is 480 g/mol. The molecule has 0 aliphatic carbocycles. The third kappa shape index (κ3) is 5.13. The summed E-state index contributed by atoms with van der Waals surface area (Å²) < 4.78 is 47.9. The summed E-state index contributed by atoms with van der Waals surface area (Å²) in [6.07, 6.45) is 2.76. The van der Waals surface area contributed by atoms with Gasteiger partial charge in [-0.15, -0.1) is 0 Å². The first-order valence-corrected chi connectivity index (χ1v) is 10.2. The fourth-order valence-electron chi connectivity index (χ4n) is 3.29. The molecule has 0 bridgehead atoms. The highest BCUT2D eigenvalue weighted by Gasteiger charge is 2.30. The molecule has 2 heterocycles. The minimum absolute atomic E-state index is 0.00157. The zero-order valence-corrected chi connectivity index (χ0v) is 18.3. The van der Waals surface area contributed by atoms with Crippen LogP contribution in [-0.2, 0) is 6.18 Å². The van der Waals surface area contributed by atoms with Gasteiger partial charge >= 0.3 is 6.18 Å². The molecule has 11 heteroatoms. The van der Waals surface area contributed by atoms with Crippen molar-refractivity contribution in [1.29, 1.82) is 0 Å². The fourth-order valence-corrected chi connectivity index (χ4v) is 3.29. The van der Waals surface area contributed by atoms with Gasteiger partial charge in [0.25, 0.3) is 0 Å².